The molecule has 30 heavy (non-hydrogen) atoms. The Morgan fingerprint density at radius 2 is 1.73 bits per heavy atom. The maximum atomic E-state index is 13.2. The van der Waals surface area contributed by atoms with Crippen LogP contribution in [0.2, 0.25) is 10.0 Å². The van der Waals surface area contributed by atoms with Crippen molar-refractivity contribution in [1.29, 1.82) is 0 Å². The van der Waals surface area contributed by atoms with Crippen LogP contribution in [0.3, 0.4) is 0 Å². The Bertz CT molecular complexity index is 998. The van der Waals surface area contributed by atoms with Gasteiger partial charge >= 0.3 is 11.7 Å². The van der Waals surface area contributed by atoms with Crippen molar-refractivity contribution < 1.29 is 35.8 Å². The summed E-state index contributed by atoms with van der Waals surface area (Å²) >= 11 is 11.8. The monoisotopic (exact) mass is 497 g/mol. The van der Waals surface area contributed by atoms with Crippen LogP contribution in [0.4, 0.5) is 32.2 Å². The zero-order chi connectivity index (χ0) is 23.0. The maximum absolute atomic E-state index is 13.2. The Labute approximate surface area is 177 Å². The summed E-state index contributed by atoms with van der Waals surface area (Å²) in [5.74, 6) is -1.15. The Hall–Kier alpha value is -2.03. The van der Waals surface area contributed by atoms with Crippen molar-refractivity contribution in [3.63, 3.8) is 0 Å². The molecule has 0 bridgehead atoms. The van der Waals surface area contributed by atoms with Crippen molar-refractivity contribution in [2.24, 2.45) is 4.99 Å². The highest BCUT2D eigenvalue weighted by Gasteiger charge is 2.43. The predicted octanol–water partition coefficient (Wildman–Crippen LogP) is 4.22. The van der Waals surface area contributed by atoms with Crippen LogP contribution in [-0.2, 0) is 17.0 Å². The van der Waals surface area contributed by atoms with E-state index in [0.29, 0.717) is 16.8 Å². The molecule has 1 atom stereocenters. The van der Waals surface area contributed by atoms with Gasteiger partial charge in [-0.1, -0.05) is 23.2 Å². The number of aromatic nitrogens is 2. The highest BCUT2D eigenvalue weighted by Crippen LogP contribution is 2.41. The molecular formula is C14H11Cl2F6N5O2S. The third kappa shape index (κ3) is 4.50. The van der Waals surface area contributed by atoms with E-state index in [-0.39, 0.29) is 0 Å². The standard InChI is InChI=1S/C14H11Cl2F6N5O2S/c1-23-11(26-28)8-10(30(29)14(20,21)22)12(24-2)27(25-8)9-6(15)3-5(4-7(9)16)13(17,18)19/h3-4,24,28H,1-2H3,(H,23,26). The lowest BCUT2D eigenvalue weighted by Gasteiger charge is -2.15. The number of nitrogens with one attached hydrogen (secondary N) is 2. The smallest absolute Gasteiger partial charge is 0.372 e. The summed E-state index contributed by atoms with van der Waals surface area (Å²) in [5, 5.41) is 14.1. The van der Waals surface area contributed by atoms with Crippen LogP contribution in [0.1, 0.15) is 11.3 Å². The van der Waals surface area contributed by atoms with Gasteiger partial charge in [0.15, 0.2) is 16.6 Å². The first-order valence-electron chi connectivity index (χ1n) is 7.51. The number of amidine groups is 1. The first kappa shape index (κ1) is 24.2. The number of rotatable bonds is 4. The van der Waals surface area contributed by atoms with E-state index in [4.69, 9.17) is 28.4 Å². The van der Waals surface area contributed by atoms with E-state index in [0.717, 1.165) is 14.1 Å². The second kappa shape index (κ2) is 8.61. The first-order valence-corrected chi connectivity index (χ1v) is 9.41. The van der Waals surface area contributed by atoms with Gasteiger partial charge < -0.3 is 5.32 Å². The molecule has 0 amide bonds. The molecule has 1 heterocycles. The topological polar surface area (TPSA) is 91.5 Å². The van der Waals surface area contributed by atoms with Crippen molar-refractivity contribution >= 4 is 45.7 Å². The number of aliphatic imine (C=N–C) groups is 1. The number of nitrogens with zero attached hydrogens (tertiary/aromatic N) is 3. The van der Waals surface area contributed by atoms with Crippen LogP contribution >= 0.6 is 23.2 Å². The fourth-order valence-electron chi connectivity index (χ4n) is 2.37. The van der Waals surface area contributed by atoms with Gasteiger partial charge in [-0.05, 0) is 12.1 Å². The second-order valence-corrected chi connectivity index (χ2v) is 7.60. The Balaban J connectivity index is 2.91. The van der Waals surface area contributed by atoms with Crippen LogP contribution in [0.25, 0.3) is 5.69 Å². The van der Waals surface area contributed by atoms with Crippen molar-refractivity contribution in [3.05, 3.63) is 33.4 Å². The number of halogens is 8. The quantitative estimate of drug-likeness (QED) is 0.254. The number of hydrogen-bond donors (Lipinski definition) is 3. The summed E-state index contributed by atoms with van der Waals surface area (Å²) in [4.78, 5) is 2.55. The van der Waals surface area contributed by atoms with E-state index < -0.39 is 66.0 Å². The zero-order valence-corrected chi connectivity index (χ0v) is 17.1. The van der Waals surface area contributed by atoms with Gasteiger partial charge in [-0.25, -0.2) is 8.89 Å². The lowest BCUT2D eigenvalue weighted by atomic mass is 10.2. The molecule has 0 aliphatic rings. The molecule has 0 radical (unpaired) electrons. The Morgan fingerprint density at radius 1 is 1.20 bits per heavy atom. The van der Waals surface area contributed by atoms with Gasteiger partial charge in [-0.2, -0.15) is 31.4 Å². The molecule has 0 aliphatic heterocycles. The summed E-state index contributed by atoms with van der Waals surface area (Å²) in [5.41, 5.74) is -6.05. The number of anilines is 1. The van der Waals surface area contributed by atoms with Crippen LogP contribution in [0.5, 0.6) is 0 Å². The molecular weight excluding hydrogens is 487 g/mol. The van der Waals surface area contributed by atoms with E-state index in [2.05, 4.69) is 15.4 Å². The molecule has 16 heteroatoms. The van der Waals surface area contributed by atoms with Gasteiger partial charge in [-0.15, -0.1) is 0 Å². The van der Waals surface area contributed by atoms with Crippen LogP contribution < -0.4 is 10.8 Å². The van der Waals surface area contributed by atoms with Gasteiger partial charge in [0.25, 0.3) is 0 Å². The molecule has 0 spiro atoms. The van der Waals surface area contributed by atoms with Gasteiger partial charge in [-0.3, -0.25) is 15.7 Å². The predicted molar refractivity (Wildman–Crippen MR) is 98.0 cm³/mol. The number of benzene rings is 1. The van der Waals surface area contributed by atoms with Crippen molar-refractivity contribution in [2.75, 3.05) is 19.4 Å². The van der Waals surface area contributed by atoms with Crippen LogP contribution in [-0.4, -0.2) is 44.6 Å². The summed E-state index contributed by atoms with van der Waals surface area (Å²) < 4.78 is 91.2. The second-order valence-electron chi connectivity index (χ2n) is 5.37. The molecule has 2 aromatic rings. The Morgan fingerprint density at radius 3 is 2.10 bits per heavy atom. The average Bonchev–Trinajstić information content (AvgIpc) is 2.98. The lowest BCUT2D eigenvalue weighted by Crippen LogP contribution is -2.25. The number of alkyl halides is 6. The summed E-state index contributed by atoms with van der Waals surface area (Å²) in [6.07, 6.45) is -4.79. The van der Waals surface area contributed by atoms with Crippen LogP contribution in [0.15, 0.2) is 22.0 Å². The van der Waals surface area contributed by atoms with E-state index in [9.17, 15) is 30.6 Å². The summed E-state index contributed by atoms with van der Waals surface area (Å²) in [6.45, 7) is 0. The van der Waals surface area contributed by atoms with Crippen molar-refractivity contribution in [3.8, 4) is 5.69 Å². The van der Waals surface area contributed by atoms with E-state index >= 15 is 0 Å². The lowest BCUT2D eigenvalue weighted by molar-refractivity contribution is -0.137. The number of hydrogen-bond acceptors (Lipinski definition) is 5. The minimum atomic E-state index is -5.24. The Kier molecular flexibility index (Phi) is 6.96. The molecule has 0 saturated carbocycles. The van der Waals surface area contributed by atoms with Crippen molar-refractivity contribution in [1.82, 2.24) is 15.3 Å². The van der Waals surface area contributed by atoms with Crippen LogP contribution in [0, 0.1) is 0 Å². The summed E-state index contributed by atoms with van der Waals surface area (Å²) in [7, 11) is -1.44. The molecule has 166 valence electrons. The minimum absolute atomic E-state index is 0.421. The van der Waals surface area contributed by atoms with Gasteiger partial charge in [0.1, 0.15) is 22.1 Å². The molecule has 2 rings (SSSR count). The zero-order valence-electron chi connectivity index (χ0n) is 14.8. The van der Waals surface area contributed by atoms with Gasteiger partial charge in [0, 0.05) is 14.1 Å². The fraction of sp³-hybridized carbons (Fsp3) is 0.286. The summed E-state index contributed by atoms with van der Waals surface area (Å²) in [6, 6.07) is 1.01. The third-order valence-corrected chi connectivity index (χ3v) is 5.34. The van der Waals surface area contributed by atoms with Gasteiger partial charge in [0.2, 0.25) is 0 Å². The molecule has 1 unspecified atom stereocenters. The molecule has 7 nitrogen and oxygen atoms in total. The highest BCUT2D eigenvalue weighted by atomic mass is 35.5. The normalized spacial score (nSPS) is 14.0. The molecule has 0 fully saturated rings. The third-order valence-electron chi connectivity index (χ3n) is 3.58. The maximum Gasteiger partial charge on any atom is 0.476 e. The van der Waals surface area contributed by atoms with E-state index in [1.54, 1.807) is 0 Å². The molecule has 1 aromatic heterocycles. The van der Waals surface area contributed by atoms with E-state index in [1.807, 2.05) is 0 Å². The average molecular weight is 498 g/mol. The molecule has 0 saturated heterocycles. The van der Waals surface area contributed by atoms with Crippen molar-refractivity contribution in [2.45, 2.75) is 16.6 Å². The highest BCUT2D eigenvalue weighted by molar-refractivity contribution is 7.86. The SMILES string of the molecule is CN=C(NO)c1nn(-c2c(Cl)cc(C(F)(F)F)cc2Cl)c(NC)c1S(=O)C(F)(F)F. The van der Waals surface area contributed by atoms with E-state index in [1.165, 1.54) is 5.48 Å². The van der Waals surface area contributed by atoms with Gasteiger partial charge in [0.05, 0.1) is 15.6 Å². The molecule has 1 aromatic carbocycles. The fourth-order valence-corrected chi connectivity index (χ4v) is 3.93. The molecule has 3 N–H and O–H groups in total. The molecule has 0 aliphatic carbocycles. The minimum Gasteiger partial charge on any atom is -0.372 e. The largest absolute Gasteiger partial charge is 0.476 e. The first-order chi connectivity index (χ1) is 13.8. The number of hydroxylamine groups is 1.